The maximum Gasteiger partial charge on any atom is 0.290 e. The highest BCUT2D eigenvalue weighted by molar-refractivity contribution is 5.91. The summed E-state index contributed by atoms with van der Waals surface area (Å²) in [5.41, 5.74) is 2.13. The third-order valence-corrected chi connectivity index (χ3v) is 5.75. The minimum absolute atomic E-state index is 0.122. The van der Waals surface area contributed by atoms with Crippen molar-refractivity contribution in [3.8, 4) is 0 Å². The van der Waals surface area contributed by atoms with Gasteiger partial charge >= 0.3 is 0 Å². The molecule has 1 atom stereocenters. The number of carbonyl (C=O) groups is 1. The molecule has 0 spiro atoms. The van der Waals surface area contributed by atoms with Crippen LogP contribution in [0.25, 0.3) is 0 Å². The van der Waals surface area contributed by atoms with E-state index in [4.69, 9.17) is 4.52 Å². The number of aromatic nitrogens is 2. The van der Waals surface area contributed by atoms with Crippen molar-refractivity contribution < 1.29 is 9.32 Å². The fourth-order valence-corrected chi connectivity index (χ4v) is 4.28. The van der Waals surface area contributed by atoms with Crippen molar-refractivity contribution in [1.82, 2.24) is 20.4 Å². The van der Waals surface area contributed by atoms with E-state index in [2.05, 4.69) is 26.4 Å². The lowest BCUT2D eigenvalue weighted by molar-refractivity contribution is 0.0890. The fourth-order valence-electron chi connectivity index (χ4n) is 4.28. The summed E-state index contributed by atoms with van der Waals surface area (Å²) < 4.78 is 5.38. The van der Waals surface area contributed by atoms with Crippen molar-refractivity contribution in [2.24, 2.45) is 0 Å². The van der Waals surface area contributed by atoms with Gasteiger partial charge in [-0.25, -0.2) is 0 Å². The van der Waals surface area contributed by atoms with Crippen LogP contribution in [0.4, 0.5) is 0 Å². The number of amides is 1. The van der Waals surface area contributed by atoms with Gasteiger partial charge in [-0.15, -0.1) is 0 Å². The Morgan fingerprint density at radius 3 is 2.93 bits per heavy atom. The third-order valence-electron chi connectivity index (χ3n) is 5.75. The summed E-state index contributed by atoms with van der Waals surface area (Å²) in [6, 6.07) is 6.21. The van der Waals surface area contributed by atoms with Crippen molar-refractivity contribution in [3.63, 3.8) is 0 Å². The Labute approximate surface area is 160 Å². The molecule has 0 radical (unpaired) electrons. The van der Waals surface area contributed by atoms with Crippen LogP contribution in [0.15, 0.2) is 35.1 Å². The highest BCUT2D eigenvalue weighted by Crippen LogP contribution is 2.27. The molecule has 0 aromatic carbocycles. The number of rotatable bonds is 5. The molecule has 1 aliphatic heterocycles. The van der Waals surface area contributed by atoms with E-state index < -0.39 is 0 Å². The van der Waals surface area contributed by atoms with Crippen LogP contribution in [-0.2, 0) is 6.54 Å². The van der Waals surface area contributed by atoms with E-state index in [-0.39, 0.29) is 11.9 Å². The minimum Gasteiger partial charge on any atom is -0.351 e. The quantitative estimate of drug-likeness (QED) is 0.874. The summed E-state index contributed by atoms with van der Waals surface area (Å²) in [6.07, 6.45) is 11.7. The van der Waals surface area contributed by atoms with Crippen molar-refractivity contribution in [2.75, 3.05) is 13.1 Å². The summed E-state index contributed by atoms with van der Waals surface area (Å²) in [4.78, 5) is 19.1. The Morgan fingerprint density at radius 1 is 1.22 bits per heavy atom. The third kappa shape index (κ3) is 4.75. The molecule has 27 heavy (non-hydrogen) atoms. The molecule has 144 valence electrons. The maximum atomic E-state index is 12.5. The summed E-state index contributed by atoms with van der Waals surface area (Å²) in [6.45, 7) is 2.92. The molecule has 3 heterocycles. The number of pyridine rings is 1. The molecule has 0 unspecified atom stereocenters. The molecule has 1 amide bonds. The topological polar surface area (TPSA) is 71.3 Å². The Hall–Kier alpha value is -2.21. The molecule has 2 fully saturated rings. The monoisotopic (exact) mass is 368 g/mol. The summed E-state index contributed by atoms with van der Waals surface area (Å²) in [5, 5.41) is 7.32. The van der Waals surface area contributed by atoms with E-state index in [0.29, 0.717) is 11.7 Å². The van der Waals surface area contributed by atoms with E-state index in [1.807, 2.05) is 18.3 Å². The number of carbonyl (C=O) groups excluding carboxylic acids is 1. The number of likely N-dealkylation sites (tertiary alicyclic amines) is 1. The number of piperidine rings is 1. The zero-order chi connectivity index (χ0) is 18.5. The van der Waals surface area contributed by atoms with Gasteiger partial charge in [0.1, 0.15) is 0 Å². The van der Waals surface area contributed by atoms with Gasteiger partial charge < -0.3 is 9.84 Å². The predicted octanol–water partition coefficient (Wildman–Crippen LogP) is 3.51. The van der Waals surface area contributed by atoms with Crippen LogP contribution in [0.5, 0.6) is 0 Å². The van der Waals surface area contributed by atoms with Crippen molar-refractivity contribution in [1.29, 1.82) is 0 Å². The van der Waals surface area contributed by atoms with Gasteiger partial charge in [-0.05, 0) is 43.9 Å². The minimum atomic E-state index is -0.122. The van der Waals surface area contributed by atoms with Crippen molar-refractivity contribution >= 4 is 5.91 Å². The van der Waals surface area contributed by atoms with Crippen LogP contribution < -0.4 is 5.32 Å². The average molecular weight is 368 g/mol. The molecule has 1 saturated carbocycles. The largest absolute Gasteiger partial charge is 0.351 e. The van der Waals surface area contributed by atoms with Gasteiger partial charge in [0.05, 0.1) is 5.69 Å². The second-order valence-corrected chi connectivity index (χ2v) is 7.86. The van der Waals surface area contributed by atoms with Crippen LogP contribution in [0.2, 0.25) is 0 Å². The second kappa shape index (κ2) is 8.65. The smallest absolute Gasteiger partial charge is 0.290 e. The molecular formula is C21H28N4O2. The molecule has 2 aromatic rings. The lowest BCUT2D eigenvalue weighted by atomic mass is 9.94. The van der Waals surface area contributed by atoms with E-state index in [9.17, 15) is 4.79 Å². The van der Waals surface area contributed by atoms with Gasteiger partial charge in [-0.2, -0.15) is 0 Å². The fraction of sp³-hybridized carbons (Fsp3) is 0.571. The first-order valence-corrected chi connectivity index (χ1v) is 10.2. The van der Waals surface area contributed by atoms with Crippen LogP contribution >= 0.6 is 0 Å². The molecular weight excluding hydrogens is 340 g/mol. The molecule has 6 nitrogen and oxygen atoms in total. The van der Waals surface area contributed by atoms with Crippen molar-refractivity contribution in [3.05, 3.63) is 47.6 Å². The molecule has 0 bridgehead atoms. The number of hydrogen-bond acceptors (Lipinski definition) is 5. The highest BCUT2D eigenvalue weighted by Gasteiger charge is 2.26. The average Bonchev–Trinajstić information content (AvgIpc) is 3.20. The first kappa shape index (κ1) is 18.2. The van der Waals surface area contributed by atoms with E-state index in [0.717, 1.165) is 51.0 Å². The summed E-state index contributed by atoms with van der Waals surface area (Å²) >= 11 is 0. The molecule has 4 rings (SSSR count). The van der Waals surface area contributed by atoms with Gasteiger partial charge in [0, 0.05) is 43.5 Å². The first-order chi connectivity index (χ1) is 13.3. The molecule has 2 aliphatic rings. The second-order valence-electron chi connectivity index (χ2n) is 7.86. The lowest BCUT2D eigenvalue weighted by Crippen LogP contribution is -2.36. The molecule has 1 N–H and O–H groups in total. The van der Waals surface area contributed by atoms with E-state index >= 15 is 0 Å². The van der Waals surface area contributed by atoms with Gasteiger partial charge in [0.15, 0.2) is 0 Å². The zero-order valence-corrected chi connectivity index (χ0v) is 15.8. The number of hydrogen-bond donors (Lipinski definition) is 1. The summed E-state index contributed by atoms with van der Waals surface area (Å²) in [7, 11) is 0. The van der Waals surface area contributed by atoms with Gasteiger partial charge in [0.2, 0.25) is 5.76 Å². The number of nitrogens with one attached hydrogen (secondary N) is 1. The van der Waals surface area contributed by atoms with Crippen LogP contribution in [-0.4, -0.2) is 40.1 Å². The van der Waals surface area contributed by atoms with Crippen LogP contribution in [0, 0.1) is 0 Å². The van der Waals surface area contributed by atoms with Gasteiger partial charge in [0.25, 0.3) is 5.91 Å². The Kier molecular flexibility index (Phi) is 5.82. The Balaban J connectivity index is 1.35. The van der Waals surface area contributed by atoms with Gasteiger partial charge in [-0.3, -0.25) is 14.7 Å². The molecule has 1 saturated heterocycles. The first-order valence-electron chi connectivity index (χ1n) is 10.2. The standard InChI is InChI=1S/C21H28N4O2/c26-21(23-18-8-2-1-3-9-18)20-12-19(24-27-20)17-7-5-11-25(15-17)14-16-6-4-10-22-13-16/h4,6,10,12-13,17-18H,1-3,5,7-9,11,14-15H2,(H,23,26)/t17-/m1/s1. The SMILES string of the molecule is O=C(NC1CCCCC1)c1cc([C@@H]2CCCN(Cc3cccnc3)C2)no1. The van der Waals surface area contributed by atoms with E-state index in [1.54, 1.807) is 6.20 Å². The Morgan fingerprint density at radius 2 is 2.11 bits per heavy atom. The Bertz CT molecular complexity index is 740. The normalized spacial score (nSPS) is 21.9. The summed E-state index contributed by atoms with van der Waals surface area (Å²) in [5.74, 6) is 0.541. The van der Waals surface area contributed by atoms with Crippen LogP contribution in [0.3, 0.4) is 0 Å². The predicted molar refractivity (Wildman–Crippen MR) is 102 cm³/mol. The lowest BCUT2D eigenvalue weighted by Gasteiger charge is -2.31. The maximum absolute atomic E-state index is 12.5. The number of nitrogens with zero attached hydrogens (tertiary/aromatic N) is 3. The highest BCUT2D eigenvalue weighted by atomic mass is 16.5. The molecule has 6 heteroatoms. The zero-order valence-electron chi connectivity index (χ0n) is 15.8. The molecule has 2 aromatic heterocycles. The van der Waals surface area contributed by atoms with Crippen molar-refractivity contribution in [2.45, 2.75) is 63.5 Å². The molecule has 1 aliphatic carbocycles. The van der Waals surface area contributed by atoms with Gasteiger partial charge in [-0.1, -0.05) is 30.5 Å². The van der Waals surface area contributed by atoms with Crippen LogP contribution in [0.1, 0.15) is 72.7 Å². The van der Waals surface area contributed by atoms with E-state index in [1.165, 1.54) is 24.8 Å².